The molecule has 0 aromatic heterocycles. The molecule has 0 amide bonds. The number of aliphatic carboxylic acids is 1. The molecule has 0 saturated heterocycles. The molecule has 1 unspecified atom stereocenters. The zero-order chi connectivity index (χ0) is 12.1. The van der Waals surface area contributed by atoms with E-state index in [4.69, 9.17) is 5.11 Å². The molecule has 1 aromatic rings. The number of hydrogen-bond donors (Lipinski definition) is 1. The zero-order valence-electron chi connectivity index (χ0n) is 9.48. The lowest BCUT2D eigenvalue weighted by atomic mass is 10.1. The van der Waals surface area contributed by atoms with Crippen molar-refractivity contribution in [1.82, 2.24) is 4.90 Å². The molecule has 0 fully saturated rings. The third-order valence-corrected chi connectivity index (χ3v) is 3.48. The molecule has 16 heavy (non-hydrogen) atoms. The largest absolute Gasteiger partial charge is 0.480 e. The molecule has 0 aliphatic rings. The van der Waals surface area contributed by atoms with Gasteiger partial charge in [-0.2, -0.15) is 0 Å². The highest BCUT2D eigenvalue weighted by Crippen LogP contribution is 2.16. The van der Waals surface area contributed by atoms with Gasteiger partial charge in [0, 0.05) is 11.0 Å². The summed E-state index contributed by atoms with van der Waals surface area (Å²) >= 11 is 3.48. The number of carbonyl (C=O) groups is 1. The first-order chi connectivity index (χ1) is 7.52. The number of benzene rings is 1. The molecule has 4 heteroatoms. The maximum atomic E-state index is 10.8. The van der Waals surface area contributed by atoms with Crippen LogP contribution in [0.1, 0.15) is 12.5 Å². The molecular formula is C12H16BrNO2. The number of carboxylic acids is 1. The van der Waals surface area contributed by atoms with Crippen molar-refractivity contribution >= 4 is 21.9 Å². The minimum atomic E-state index is -0.783. The summed E-state index contributed by atoms with van der Waals surface area (Å²) in [5, 5.41) is 8.85. The highest BCUT2D eigenvalue weighted by atomic mass is 79.9. The first-order valence-electron chi connectivity index (χ1n) is 5.19. The summed E-state index contributed by atoms with van der Waals surface area (Å²) < 4.78 is 1.08. The molecule has 1 aromatic carbocycles. The maximum Gasteiger partial charge on any atom is 0.320 e. The number of halogens is 1. The van der Waals surface area contributed by atoms with Crippen molar-refractivity contribution in [3.8, 4) is 0 Å². The molecular weight excluding hydrogens is 270 g/mol. The van der Waals surface area contributed by atoms with Crippen LogP contribution in [0.25, 0.3) is 0 Å². The second-order valence-corrected chi connectivity index (χ2v) is 4.69. The van der Waals surface area contributed by atoms with E-state index in [2.05, 4.69) is 15.9 Å². The Kier molecular flexibility index (Phi) is 4.96. The summed E-state index contributed by atoms with van der Waals surface area (Å²) in [4.78, 5) is 12.6. The van der Waals surface area contributed by atoms with Gasteiger partial charge >= 0.3 is 5.97 Å². The van der Waals surface area contributed by atoms with E-state index in [-0.39, 0.29) is 0 Å². The van der Waals surface area contributed by atoms with Gasteiger partial charge in [-0.15, -0.1) is 0 Å². The Hall–Kier alpha value is -0.870. The van der Waals surface area contributed by atoms with Crippen LogP contribution in [0.2, 0.25) is 0 Å². The zero-order valence-corrected chi connectivity index (χ0v) is 11.1. The van der Waals surface area contributed by atoms with Crippen molar-refractivity contribution in [3.05, 3.63) is 34.3 Å². The van der Waals surface area contributed by atoms with Gasteiger partial charge in [0.2, 0.25) is 0 Å². The van der Waals surface area contributed by atoms with Crippen molar-refractivity contribution in [2.24, 2.45) is 0 Å². The van der Waals surface area contributed by atoms with E-state index in [9.17, 15) is 4.79 Å². The monoisotopic (exact) mass is 285 g/mol. The van der Waals surface area contributed by atoms with Crippen LogP contribution in [0.4, 0.5) is 0 Å². The highest BCUT2D eigenvalue weighted by Gasteiger charge is 2.16. The minimum absolute atomic E-state index is 0.442. The van der Waals surface area contributed by atoms with E-state index in [1.807, 2.05) is 36.2 Å². The van der Waals surface area contributed by atoms with Gasteiger partial charge in [0.1, 0.15) is 6.04 Å². The number of rotatable bonds is 5. The SMILES string of the molecule is CC(C(=O)O)N(C)CCc1ccccc1Br. The first kappa shape index (κ1) is 13.2. The number of likely N-dealkylation sites (N-methyl/N-ethyl adjacent to an activating group) is 1. The van der Waals surface area contributed by atoms with Crippen molar-refractivity contribution in [1.29, 1.82) is 0 Å². The molecule has 0 aliphatic carbocycles. The average Bonchev–Trinajstić information content (AvgIpc) is 2.26. The van der Waals surface area contributed by atoms with E-state index in [0.29, 0.717) is 0 Å². The van der Waals surface area contributed by atoms with Gasteiger partial charge in [0.25, 0.3) is 0 Å². The van der Waals surface area contributed by atoms with E-state index in [0.717, 1.165) is 17.4 Å². The number of nitrogens with zero attached hydrogens (tertiary/aromatic N) is 1. The van der Waals surface area contributed by atoms with Crippen LogP contribution < -0.4 is 0 Å². The summed E-state index contributed by atoms with van der Waals surface area (Å²) in [5.41, 5.74) is 1.20. The first-order valence-corrected chi connectivity index (χ1v) is 5.98. The van der Waals surface area contributed by atoms with Crippen molar-refractivity contribution < 1.29 is 9.90 Å². The lowest BCUT2D eigenvalue weighted by molar-refractivity contribution is -0.142. The Balaban J connectivity index is 2.52. The second-order valence-electron chi connectivity index (χ2n) is 3.84. The Morgan fingerprint density at radius 3 is 2.69 bits per heavy atom. The van der Waals surface area contributed by atoms with Crippen LogP contribution in [0.15, 0.2) is 28.7 Å². The molecule has 1 N–H and O–H groups in total. The Morgan fingerprint density at radius 2 is 2.12 bits per heavy atom. The summed E-state index contributed by atoms with van der Waals surface area (Å²) in [6.45, 7) is 2.43. The fourth-order valence-electron chi connectivity index (χ4n) is 1.38. The molecule has 0 bridgehead atoms. The standard InChI is InChI=1S/C12H16BrNO2/c1-9(12(15)16)14(2)8-7-10-5-3-4-6-11(10)13/h3-6,9H,7-8H2,1-2H3,(H,15,16). The van der Waals surface area contributed by atoms with Crippen LogP contribution in [0.3, 0.4) is 0 Å². The summed E-state index contributed by atoms with van der Waals surface area (Å²) in [6, 6.07) is 7.56. The third-order valence-electron chi connectivity index (χ3n) is 2.71. The van der Waals surface area contributed by atoms with Gasteiger partial charge < -0.3 is 5.11 Å². The fourth-order valence-corrected chi connectivity index (χ4v) is 1.86. The molecule has 1 rings (SSSR count). The Labute approximate surface area is 104 Å². The fraction of sp³-hybridized carbons (Fsp3) is 0.417. The van der Waals surface area contributed by atoms with Gasteiger partial charge in [-0.3, -0.25) is 9.69 Å². The molecule has 0 heterocycles. The predicted octanol–water partition coefficient (Wildman–Crippen LogP) is 2.40. The van der Waals surface area contributed by atoms with Crippen molar-refractivity contribution in [3.63, 3.8) is 0 Å². The lowest BCUT2D eigenvalue weighted by Gasteiger charge is -2.21. The molecule has 0 saturated carbocycles. The Morgan fingerprint density at radius 1 is 1.50 bits per heavy atom. The van der Waals surface area contributed by atoms with Crippen LogP contribution in [-0.2, 0) is 11.2 Å². The highest BCUT2D eigenvalue weighted by molar-refractivity contribution is 9.10. The van der Waals surface area contributed by atoms with Gasteiger partial charge in [-0.05, 0) is 32.0 Å². The Bertz CT molecular complexity index is 368. The van der Waals surface area contributed by atoms with Gasteiger partial charge in [-0.25, -0.2) is 0 Å². The van der Waals surface area contributed by atoms with Crippen LogP contribution >= 0.6 is 15.9 Å². The third kappa shape index (κ3) is 3.61. The summed E-state index contributed by atoms with van der Waals surface area (Å²) in [7, 11) is 1.83. The molecule has 88 valence electrons. The van der Waals surface area contributed by atoms with Crippen LogP contribution in [-0.4, -0.2) is 35.6 Å². The topological polar surface area (TPSA) is 40.5 Å². The van der Waals surface area contributed by atoms with Crippen LogP contribution in [0.5, 0.6) is 0 Å². The molecule has 1 atom stereocenters. The maximum absolute atomic E-state index is 10.8. The molecule has 0 radical (unpaired) electrons. The van der Waals surface area contributed by atoms with Crippen LogP contribution in [0, 0.1) is 0 Å². The molecule has 3 nitrogen and oxygen atoms in total. The van der Waals surface area contributed by atoms with Gasteiger partial charge in [-0.1, -0.05) is 34.1 Å². The number of hydrogen-bond acceptors (Lipinski definition) is 2. The lowest BCUT2D eigenvalue weighted by Crippen LogP contribution is -2.37. The summed E-state index contributed by atoms with van der Waals surface area (Å²) in [5.74, 6) is -0.783. The summed E-state index contributed by atoms with van der Waals surface area (Å²) in [6.07, 6.45) is 0.843. The van der Waals surface area contributed by atoms with Crippen molar-refractivity contribution in [2.75, 3.05) is 13.6 Å². The van der Waals surface area contributed by atoms with E-state index < -0.39 is 12.0 Å². The normalized spacial score (nSPS) is 12.8. The minimum Gasteiger partial charge on any atom is -0.480 e. The molecule has 0 spiro atoms. The van der Waals surface area contributed by atoms with E-state index >= 15 is 0 Å². The second kappa shape index (κ2) is 6.01. The predicted molar refractivity (Wildman–Crippen MR) is 67.6 cm³/mol. The molecule has 0 aliphatic heterocycles. The van der Waals surface area contributed by atoms with Crippen molar-refractivity contribution in [2.45, 2.75) is 19.4 Å². The van der Waals surface area contributed by atoms with E-state index in [1.165, 1.54) is 5.56 Å². The van der Waals surface area contributed by atoms with E-state index in [1.54, 1.807) is 6.92 Å². The number of carboxylic acid groups (broad SMARTS) is 1. The quantitative estimate of drug-likeness (QED) is 0.903. The van der Waals surface area contributed by atoms with Gasteiger partial charge in [0.15, 0.2) is 0 Å². The van der Waals surface area contributed by atoms with Gasteiger partial charge in [0.05, 0.1) is 0 Å². The average molecular weight is 286 g/mol. The smallest absolute Gasteiger partial charge is 0.320 e.